The summed E-state index contributed by atoms with van der Waals surface area (Å²) in [6.45, 7) is 2.62. The predicted octanol–water partition coefficient (Wildman–Crippen LogP) is 5.46. The van der Waals surface area contributed by atoms with Crippen LogP contribution in [0.4, 0.5) is 11.4 Å². The van der Waals surface area contributed by atoms with E-state index < -0.39 is 49.9 Å². The van der Waals surface area contributed by atoms with Crippen LogP contribution in [-0.2, 0) is 32.6 Å². The van der Waals surface area contributed by atoms with Gasteiger partial charge in [0.05, 0.1) is 22.6 Å². The maximum atomic E-state index is 14.5. The molecule has 4 rings (SSSR count). The Hall–Kier alpha value is -4.94. The molecule has 0 aromatic heterocycles. The van der Waals surface area contributed by atoms with Crippen LogP contribution in [0.1, 0.15) is 22.3 Å². The van der Waals surface area contributed by atoms with Crippen molar-refractivity contribution in [3.63, 3.8) is 0 Å². The lowest BCUT2D eigenvalue weighted by Crippen LogP contribution is -2.53. The van der Waals surface area contributed by atoms with E-state index in [2.05, 4.69) is 5.32 Å². The third-order valence-electron chi connectivity index (χ3n) is 7.64. The molecule has 4 aromatic rings. The fourth-order valence-corrected chi connectivity index (χ4v) is 6.66. The van der Waals surface area contributed by atoms with Gasteiger partial charge < -0.3 is 15.0 Å². The van der Waals surface area contributed by atoms with Crippen LogP contribution in [-0.4, -0.2) is 56.8 Å². The van der Waals surface area contributed by atoms with E-state index in [1.165, 1.54) is 56.3 Å². The maximum absolute atomic E-state index is 14.5. The summed E-state index contributed by atoms with van der Waals surface area (Å²) in [5.41, 5.74) is 2.29. The third-order valence-corrected chi connectivity index (χ3v) is 9.64. The number of carbonyl (C=O) groups is 2. The van der Waals surface area contributed by atoms with Gasteiger partial charge in [0.2, 0.25) is 11.8 Å². The van der Waals surface area contributed by atoms with E-state index >= 15 is 0 Å². The van der Waals surface area contributed by atoms with Crippen LogP contribution in [0.2, 0.25) is 5.02 Å². The van der Waals surface area contributed by atoms with Gasteiger partial charge in [0, 0.05) is 36.7 Å². The van der Waals surface area contributed by atoms with Crippen molar-refractivity contribution in [3.05, 3.63) is 128 Å². The Labute approximate surface area is 278 Å². The van der Waals surface area contributed by atoms with Crippen LogP contribution in [0.5, 0.6) is 5.75 Å². The third kappa shape index (κ3) is 8.27. The van der Waals surface area contributed by atoms with Crippen molar-refractivity contribution < 1.29 is 27.7 Å². The number of sulfonamides is 1. The number of halogens is 1. The molecule has 1 atom stereocenters. The Kier molecular flexibility index (Phi) is 11.2. The number of amides is 2. The van der Waals surface area contributed by atoms with Crippen molar-refractivity contribution in [2.75, 3.05) is 25.0 Å². The number of methoxy groups -OCH3 is 1. The van der Waals surface area contributed by atoms with E-state index in [0.29, 0.717) is 0 Å². The molecule has 1 unspecified atom stereocenters. The first kappa shape index (κ1) is 34.9. The zero-order chi connectivity index (χ0) is 34.3. The summed E-state index contributed by atoms with van der Waals surface area (Å²) >= 11 is 6.31. The summed E-state index contributed by atoms with van der Waals surface area (Å²) < 4.78 is 35.0. The highest BCUT2D eigenvalue weighted by Crippen LogP contribution is 2.36. The second-order valence-electron chi connectivity index (χ2n) is 10.9. The van der Waals surface area contributed by atoms with E-state index in [4.69, 9.17) is 16.3 Å². The lowest BCUT2D eigenvalue weighted by Gasteiger charge is -2.34. The zero-order valence-electron chi connectivity index (χ0n) is 26.3. The van der Waals surface area contributed by atoms with Crippen molar-refractivity contribution in [1.29, 1.82) is 0 Å². The minimum atomic E-state index is -4.65. The Morgan fingerprint density at radius 1 is 0.957 bits per heavy atom. The summed E-state index contributed by atoms with van der Waals surface area (Å²) in [4.78, 5) is 39.9. The van der Waals surface area contributed by atoms with Crippen LogP contribution >= 0.6 is 11.6 Å². The molecule has 4 aromatic carbocycles. The molecule has 0 aliphatic carbocycles. The number of ether oxygens (including phenoxy) is 1. The fraction of sp³-hybridized carbons (Fsp3) is 0.235. The Morgan fingerprint density at radius 2 is 1.64 bits per heavy atom. The minimum absolute atomic E-state index is 0.0133. The number of nitro benzene ring substituents is 1. The number of likely N-dealkylation sites (N-methyl/N-ethyl adjacent to an activating group) is 1. The lowest BCUT2D eigenvalue weighted by molar-refractivity contribution is -0.385. The number of benzene rings is 4. The Bertz CT molecular complexity index is 1870. The van der Waals surface area contributed by atoms with E-state index in [0.717, 1.165) is 27.1 Å². The molecule has 246 valence electrons. The highest BCUT2D eigenvalue weighted by molar-refractivity contribution is 7.92. The standard InChI is InChI=1S/C34H35ClN4O7S/c1-23-10-13-26(14-11-23)21-37(31(34(41)36-3)18-25-8-6-5-7-9-25)33(40)22-38(30-19-27(35)15-17-32(30)46-4)47(44,45)28-16-12-24(2)29(20-28)39(42)43/h5-17,19-20,31H,18,21-22H2,1-4H3,(H,36,41). The number of hydrogen-bond acceptors (Lipinski definition) is 7. The summed E-state index contributed by atoms with van der Waals surface area (Å²) in [6, 6.07) is 23.3. The van der Waals surface area contributed by atoms with Crippen LogP contribution in [0, 0.1) is 24.0 Å². The van der Waals surface area contributed by atoms with Gasteiger partial charge >= 0.3 is 0 Å². The summed E-state index contributed by atoms with van der Waals surface area (Å²) in [5, 5.41) is 14.5. The lowest BCUT2D eigenvalue weighted by atomic mass is 10.0. The van der Waals surface area contributed by atoms with Gasteiger partial charge in [-0.15, -0.1) is 0 Å². The molecule has 0 heterocycles. The molecular formula is C34H35ClN4O7S. The Balaban J connectivity index is 1.87. The number of nitro groups is 1. The summed E-state index contributed by atoms with van der Waals surface area (Å²) in [7, 11) is -1.85. The quantitative estimate of drug-likeness (QED) is 0.146. The van der Waals surface area contributed by atoms with Crippen LogP contribution in [0.25, 0.3) is 0 Å². The van der Waals surface area contributed by atoms with Gasteiger partial charge in [0.15, 0.2) is 0 Å². The number of nitrogens with zero attached hydrogens (tertiary/aromatic N) is 3. The molecule has 1 N–H and O–H groups in total. The van der Waals surface area contributed by atoms with Gasteiger partial charge in [0.1, 0.15) is 18.3 Å². The van der Waals surface area contributed by atoms with Crippen molar-refractivity contribution in [3.8, 4) is 5.75 Å². The van der Waals surface area contributed by atoms with Gasteiger partial charge in [-0.1, -0.05) is 77.8 Å². The van der Waals surface area contributed by atoms with Crippen molar-refractivity contribution >= 4 is 44.8 Å². The zero-order valence-corrected chi connectivity index (χ0v) is 27.9. The smallest absolute Gasteiger partial charge is 0.273 e. The van der Waals surface area contributed by atoms with Crippen LogP contribution in [0.15, 0.2) is 95.9 Å². The molecule has 0 bridgehead atoms. The van der Waals surface area contributed by atoms with E-state index in [1.807, 2.05) is 61.5 Å². The van der Waals surface area contributed by atoms with Gasteiger partial charge in [-0.2, -0.15) is 0 Å². The molecule has 0 aliphatic rings. The highest BCUT2D eigenvalue weighted by Gasteiger charge is 2.36. The molecule has 0 fully saturated rings. The molecule has 0 saturated heterocycles. The monoisotopic (exact) mass is 678 g/mol. The van der Waals surface area contributed by atoms with Crippen LogP contribution in [0.3, 0.4) is 0 Å². The normalized spacial score (nSPS) is 11.8. The number of nitrogens with one attached hydrogen (secondary N) is 1. The molecule has 47 heavy (non-hydrogen) atoms. The molecule has 2 amide bonds. The molecular weight excluding hydrogens is 644 g/mol. The van der Waals surface area contributed by atoms with Crippen molar-refractivity contribution in [2.24, 2.45) is 0 Å². The number of rotatable bonds is 13. The van der Waals surface area contributed by atoms with Gasteiger partial charge in [0.25, 0.3) is 15.7 Å². The topological polar surface area (TPSA) is 139 Å². The first-order valence-corrected chi connectivity index (χ1v) is 16.4. The second kappa shape index (κ2) is 15.1. The summed E-state index contributed by atoms with van der Waals surface area (Å²) in [5.74, 6) is -1.06. The van der Waals surface area contributed by atoms with Gasteiger partial charge in [-0.05, 0) is 49.2 Å². The van der Waals surface area contributed by atoms with E-state index in [-0.39, 0.29) is 35.0 Å². The fourth-order valence-electron chi connectivity index (χ4n) is 5.06. The SMILES string of the molecule is CNC(=O)C(Cc1ccccc1)N(Cc1ccc(C)cc1)C(=O)CN(c1cc(Cl)ccc1OC)S(=O)(=O)c1ccc(C)c([N+](=O)[O-])c1. The molecule has 0 aliphatic heterocycles. The number of aryl methyl sites for hydroxylation is 2. The van der Waals surface area contributed by atoms with E-state index in [1.54, 1.807) is 0 Å². The summed E-state index contributed by atoms with van der Waals surface area (Å²) in [6.07, 6.45) is 0.148. The molecule has 0 radical (unpaired) electrons. The van der Waals surface area contributed by atoms with Crippen molar-refractivity contribution in [1.82, 2.24) is 10.2 Å². The maximum Gasteiger partial charge on any atom is 0.273 e. The average Bonchev–Trinajstić information content (AvgIpc) is 3.05. The highest BCUT2D eigenvalue weighted by atomic mass is 35.5. The van der Waals surface area contributed by atoms with Crippen LogP contribution < -0.4 is 14.4 Å². The Morgan fingerprint density at radius 3 is 2.26 bits per heavy atom. The van der Waals surface area contributed by atoms with Gasteiger partial charge in [-0.3, -0.25) is 24.0 Å². The largest absolute Gasteiger partial charge is 0.495 e. The number of carbonyl (C=O) groups excluding carboxylic acids is 2. The van der Waals surface area contributed by atoms with Gasteiger partial charge in [-0.25, -0.2) is 8.42 Å². The minimum Gasteiger partial charge on any atom is -0.495 e. The first-order chi connectivity index (χ1) is 22.3. The van der Waals surface area contributed by atoms with E-state index in [9.17, 15) is 28.1 Å². The molecule has 11 nitrogen and oxygen atoms in total. The molecule has 13 heteroatoms. The average molecular weight is 679 g/mol. The molecule has 0 saturated carbocycles. The van der Waals surface area contributed by atoms with Crippen molar-refractivity contribution in [2.45, 2.75) is 37.8 Å². The first-order valence-electron chi connectivity index (χ1n) is 14.6. The predicted molar refractivity (Wildman–Crippen MR) is 180 cm³/mol. The number of hydrogen-bond donors (Lipinski definition) is 1. The molecule has 0 spiro atoms. The number of anilines is 1. The second-order valence-corrected chi connectivity index (χ2v) is 13.2.